The fourth-order valence-electron chi connectivity index (χ4n) is 1.56. The van der Waals surface area contributed by atoms with Gasteiger partial charge in [0.25, 0.3) is 0 Å². The Bertz CT molecular complexity index is 547. The molecular formula is C14H12N2O. The van der Waals surface area contributed by atoms with E-state index in [-0.39, 0.29) is 0 Å². The minimum Gasteiger partial charge on any atom is -0.398 e. The Labute approximate surface area is 99.6 Å². The van der Waals surface area contributed by atoms with Crippen molar-refractivity contribution in [2.24, 2.45) is 5.73 Å². The van der Waals surface area contributed by atoms with Gasteiger partial charge in [0.2, 0.25) is 0 Å². The molecule has 1 heterocycles. The van der Waals surface area contributed by atoms with Crippen molar-refractivity contribution in [2.75, 3.05) is 0 Å². The first-order chi connectivity index (χ1) is 8.31. The molecule has 1 aromatic heterocycles. The van der Waals surface area contributed by atoms with Crippen LogP contribution < -0.4 is 5.73 Å². The van der Waals surface area contributed by atoms with E-state index in [0.29, 0.717) is 11.3 Å². The van der Waals surface area contributed by atoms with Crippen LogP contribution in [0.5, 0.6) is 0 Å². The Hall–Kier alpha value is -2.42. The number of hydrogen-bond acceptors (Lipinski definition) is 3. The maximum atomic E-state index is 10.9. The molecule has 2 rings (SSSR count). The molecule has 2 N–H and O–H groups in total. The first-order valence-corrected chi connectivity index (χ1v) is 5.24. The maximum Gasteiger partial charge on any atom is 0.150 e. The zero-order chi connectivity index (χ0) is 12.1. The molecule has 0 aliphatic heterocycles. The molecule has 0 atom stereocenters. The van der Waals surface area contributed by atoms with Crippen molar-refractivity contribution < 1.29 is 4.79 Å². The maximum absolute atomic E-state index is 10.9. The smallest absolute Gasteiger partial charge is 0.150 e. The Morgan fingerprint density at radius 2 is 1.88 bits per heavy atom. The van der Waals surface area contributed by atoms with E-state index < -0.39 is 0 Å². The summed E-state index contributed by atoms with van der Waals surface area (Å²) in [6.07, 6.45) is 4.25. The van der Waals surface area contributed by atoms with Crippen molar-refractivity contribution in [3.63, 3.8) is 0 Å². The van der Waals surface area contributed by atoms with Gasteiger partial charge in [-0.3, -0.25) is 9.78 Å². The van der Waals surface area contributed by atoms with Gasteiger partial charge in [0.15, 0.2) is 6.29 Å². The van der Waals surface area contributed by atoms with Crippen molar-refractivity contribution in [1.82, 2.24) is 4.98 Å². The van der Waals surface area contributed by atoms with Crippen molar-refractivity contribution in [2.45, 2.75) is 0 Å². The number of carbonyl (C=O) groups excluding carboxylic acids is 1. The van der Waals surface area contributed by atoms with E-state index in [4.69, 9.17) is 5.73 Å². The van der Waals surface area contributed by atoms with Gasteiger partial charge in [-0.25, -0.2) is 0 Å². The van der Waals surface area contributed by atoms with Crippen LogP contribution >= 0.6 is 0 Å². The first kappa shape index (κ1) is 11.1. The standard InChI is InChI=1S/C14H12N2O/c15-14(9-12-6-3-4-8-16-12)13-7-2-1-5-11(13)10-17/h1-10H,15H2/b14-9-. The Balaban J connectivity index is 2.40. The predicted molar refractivity (Wildman–Crippen MR) is 68.1 cm³/mol. The lowest BCUT2D eigenvalue weighted by Gasteiger charge is -2.04. The summed E-state index contributed by atoms with van der Waals surface area (Å²) in [6.45, 7) is 0. The molecule has 0 saturated heterocycles. The molecule has 0 aliphatic carbocycles. The fourth-order valence-corrected chi connectivity index (χ4v) is 1.56. The highest BCUT2D eigenvalue weighted by atomic mass is 16.1. The van der Waals surface area contributed by atoms with Crippen LogP contribution in [0.15, 0.2) is 48.7 Å². The minimum atomic E-state index is 0.534. The number of aldehydes is 1. The second-order valence-corrected chi connectivity index (χ2v) is 3.56. The Morgan fingerprint density at radius 1 is 1.12 bits per heavy atom. The highest BCUT2D eigenvalue weighted by molar-refractivity contribution is 5.89. The normalized spacial score (nSPS) is 11.2. The largest absolute Gasteiger partial charge is 0.398 e. The molecule has 0 aliphatic rings. The number of hydrogen-bond donors (Lipinski definition) is 1. The van der Waals surface area contributed by atoms with Gasteiger partial charge in [-0.1, -0.05) is 30.3 Å². The van der Waals surface area contributed by atoms with Gasteiger partial charge < -0.3 is 5.73 Å². The minimum absolute atomic E-state index is 0.534. The van der Waals surface area contributed by atoms with E-state index in [9.17, 15) is 4.79 Å². The molecule has 2 aromatic rings. The molecule has 0 radical (unpaired) electrons. The molecule has 84 valence electrons. The molecule has 0 fully saturated rings. The molecule has 3 heteroatoms. The molecule has 0 unspecified atom stereocenters. The summed E-state index contributed by atoms with van der Waals surface area (Å²) in [7, 11) is 0. The van der Waals surface area contributed by atoms with Crippen molar-refractivity contribution in [1.29, 1.82) is 0 Å². The SMILES string of the molecule is N/C(=C\c1ccccn1)c1ccccc1C=O. The summed E-state index contributed by atoms with van der Waals surface area (Å²) in [5, 5.41) is 0. The molecule has 17 heavy (non-hydrogen) atoms. The van der Waals surface area contributed by atoms with Gasteiger partial charge in [0, 0.05) is 23.0 Å². The number of nitrogens with zero attached hydrogens (tertiary/aromatic N) is 1. The Kier molecular flexibility index (Phi) is 3.31. The van der Waals surface area contributed by atoms with Gasteiger partial charge in [-0.15, -0.1) is 0 Å². The van der Waals surface area contributed by atoms with Gasteiger partial charge in [-0.05, 0) is 18.2 Å². The van der Waals surface area contributed by atoms with Gasteiger partial charge in [0.05, 0.1) is 5.69 Å². The van der Waals surface area contributed by atoms with Crippen LogP contribution in [0, 0.1) is 0 Å². The summed E-state index contributed by atoms with van der Waals surface area (Å²) in [5.74, 6) is 0. The molecule has 0 spiro atoms. The number of carbonyl (C=O) groups is 1. The lowest BCUT2D eigenvalue weighted by molar-refractivity contribution is 0.112. The molecule has 1 aromatic carbocycles. The monoisotopic (exact) mass is 224 g/mol. The third-order valence-electron chi connectivity index (χ3n) is 2.39. The lowest BCUT2D eigenvalue weighted by Crippen LogP contribution is -2.00. The van der Waals surface area contributed by atoms with Gasteiger partial charge in [0.1, 0.15) is 0 Å². The van der Waals surface area contributed by atoms with E-state index >= 15 is 0 Å². The number of pyridine rings is 1. The van der Waals surface area contributed by atoms with E-state index in [0.717, 1.165) is 17.5 Å². The molecule has 3 nitrogen and oxygen atoms in total. The van der Waals surface area contributed by atoms with E-state index in [2.05, 4.69) is 4.98 Å². The summed E-state index contributed by atoms with van der Waals surface area (Å²) >= 11 is 0. The summed E-state index contributed by atoms with van der Waals surface area (Å²) in [6, 6.07) is 12.8. The number of rotatable bonds is 3. The molecular weight excluding hydrogens is 212 g/mol. The zero-order valence-electron chi connectivity index (χ0n) is 9.21. The van der Waals surface area contributed by atoms with E-state index in [1.165, 1.54) is 0 Å². The quantitative estimate of drug-likeness (QED) is 0.814. The van der Waals surface area contributed by atoms with Crippen molar-refractivity contribution >= 4 is 18.1 Å². The van der Waals surface area contributed by atoms with E-state index in [1.54, 1.807) is 24.4 Å². The van der Waals surface area contributed by atoms with Crippen LogP contribution in [-0.4, -0.2) is 11.3 Å². The van der Waals surface area contributed by atoms with Crippen LogP contribution in [-0.2, 0) is 0 Å². The average molecular weight is 224 g/mol. The van der Waals surface area contributed by atoms with Gasteiger partial charge >= 0.3 is 0 Å². The third-order valence-corrected chi connectivity index (χ3v) is 2.39. The lowest BCUT2D eigenvalue weighted by atomic mass is 10.1. The molecule has 0 bridgehead atoms. The summed E-state index contributed by atoms with van der Waals surface area (Å²) in [4.78, 5) is 15.0. The average Bonchev–Trinajstić information content (AvgIpc) is 2.40. The third kappa shape index (κ3) is 2.58. The topological polar surface area (TPSA) is 56.0 Å². The zero-order valence-corrected chi connectivity index (χ0v) is 9.21. The number of benzene rings is 1. The number of aromatic nitrogens is 1. The molecule has 0 saturated carbocycles. The second kappa shape index (κ2) is 5.07. The van der Waals surface area contributed by atoms with Crippen molar-refractivity contribution in [3.05, 3.63) is 65.5 Å². The molecule has 0 amide bonds. The number of nitrogens with two attached hydrogens (primary N) is 1. The van der Waals surface area contributed by atoms with Crippen molar-refractivity contribution in [3.8, 4) is 0 Å². The van der Waals surface area contributed by atoms with Crippen LogP contribution in [0.4, 0.5) is 0 Å². The highest BCUT2D eigenvalue weighted by Crippen LogP contribution is 2.15. The predicted octanol–water partition coefficient (Wildman–Crippen LogP) is 2.35. The first-order valence-electron chi connectivity index (χ1n) is 5.24. The van der Waals surface area contributed by atoms with E-state index in [1.807, 2.05) is 30.3 Å². The van der Waals surface area contributed by atoms with Gasteiger partial charge in [-0.2, -0.15) is 0 Å². The van der Waals surface area contributed by atoms with Crippen LogP contribution in [0.25, 0.3) is 11.8 Å². The van der Waals surface area contributed by atoms with Crippen LogP contribution in [0.1, 0.15) is 21.6 Å². The summed E-state index contributed by atoms with van der Waals surface area (Å²) < 4.78 is 0. The fraction of sp³-hybridized carbons (Fsp3) is 0. The van der Waals surface area contributed by atoms with Crippen LogP contribution in [0.2, 0.25) is 0 Å². The highest BCUT2D eigenvalue weighted by Gasteiger charge is 2.03. The summed E-state index contributed by atoms with van der Waals surface area (Å²) in [5.41, 5.74) is 8.58. The Morgan fingerprint density at radius 3 is 2.59 bits per heavy atom. The second-order valence-electron chi connectivity index (χ2n) is 3.56. The van der Waals surface area contributed by atoms with Crippen LogP contribution in [0.3, 0.4) is 0 Å².